The molecule has 1 aliphatic rings. The van der Waals surface area contributed by atoms with Crippen LogP contribution in [-0.4, -0.2) is 22.6 Å². The van der Waals surface area contributed by atoms with Crippen LogP contribution in [0.5, 0.6) is 0 Å². The van der Waals surface area contributed by atoms with Crippen LogP contribution in [0.2, 0.25) is 0 Å². The molecule has 0 radical (unpaired) electrons. The van der Waals surface area contributed by atoms with Crippen molar-refractivity contribution < 1.29 is 0 Å². The maximum Gasteiger partial charge on any atom is 0.262 e. The molecule has 28 heavy (non-hydrogen) atoms. The van der Waals surface area contributed by atoms with Crippen molar-refractivity contribution in [2.24, 2.45) is 7.05 Å². The fraction of sp³-hybridized carbons (Fsp3) is 0.391. The summed E-state index contributed by atoms with van der Waals surface area (Å²) in [5, 5.41) is 4.24. The van der Waals surface area contributed by atoms with E-state index < -0.39 is 0 Å². The van der Waals surface area contributed by atoms with E-state index in [0.29, 0.717) is 5.39 Å². The van der Waals surface area contributed by atoms with Crippen LogP contribution in [0.25, 0.3) is 10.9 Å². The van der Waals surface area contributed by atoms with Gasteiger partial charge >= 0.3 is 0 Å². The molecule has 4 rings (SSSR count). The zero-order valence-electron chi connectivity index (χ0n) is 16.9. The van der Waals surface area contributed by atoms with Gasteiger partial charge in [-0.15, -0.1) is 0 Å². The fourth-order valence-electron chi connectivity index (χ4n) is 4.11. The smallest absolute Gasteiger partial charge is 0.262 e. The lowest BCUT2D eigenvalue weighted by Crippen LogP contribution is -2.35. The first-order chi connectivity index (χ1) is 13.5. The highest BCUT2D eigenvalue weighted by atomic mass is 16.1. The van der Waals surface area contributed by atoms with Crippen LogP contribution in [0.1, 0.15) is 43.4 Å². The van der Waals surface area contributed by atoms with Crippen molar-refractivity contribution in [2.75, 3.05) is 23.3 Å². The SMILES string of the molecule is Cc1cc(C(C)Nc2ccccc2)c2nc(N3CCCCC3)n(C)c(=O)c2c1. The highest BCUT2D eigenvalue weighted by molar-refractivity contribution is 5.84. The third-order valence-corrected chi connectivity index (χ3v) is 5.59. The first-order valence-electron chi connectivity index (χ1n) is 10.1. The van der Waals surface area contributed by atoms with Gasteiger partial charge in [0.05, 0.1) is 16.9 Å². The van der Waals surface area contributed by atoms with Crippen LogP contribution in [0.4, 0.5) is 11.6 Å². The molecule has 2 heterocycles. The van der Waals surface area contributed by atoms with E-state index in [4.69, 9.17) is 4.98 Å². The number of anilines is 2. The predicted molar refractivity (Wildman–Crippen MR) is 116 cm³/mol. The van der Waals surface area contributed by atoms with E-state index in [-0.39, 0.29) is 11.6 Å². The minimum Gasteiger partial charge on any atom is -0.378 e. The molecule has 1 aromatic heterocycles. The number of nitrogens with one attached hydrogen (secondary N) is 1. The number of aromatic nitrogens is 2. The summed E-state index contributed by atoms with van der Waals surface area (Å²) < 4.78 is 1.71. The molecule has 146 valence electrons. The minimum atomic E-state index is 0.0300. The summed E-state index contributed by atoms with van der Waals surface area (Å²) in [5.74, 6) is 0.786. The Labute approximate surface area is 166 Å². The third kappa shape index (κ3) is 3.49. The lowest BCUT2D eigenvalue weighted by atomic mass is 10.0. The maximum atomic E-state index is 13.2. The zero-order chi connectivity index (χ0) is 19.7. The minimum absolute atomic E-state index is 0.0300. The summed E-state index contributed by atoms with van der Waals surface area (Å²) in [4.78, 5) is 20.4. The second kappa shape index (κ2) is 7.66. The molecule has 2 aromatic carbocycles. The Bertz CT molecular complexity index is 1040. The second-order valence-corrected chi connectivity index (χ2v) is 7.81. The number of aryl methyl sites for hydroxylation is 1. The van der Waals surface area contributed by atoms with Gasteiger partial charge in [-0.3, -0.25) is 9.36 Å². The topological polar surface area (TPSA) is 50.2 Å². The number of para-hydroxylation sites is 1. The first kappa shape index (κ1) is 18.5. The van der Waals surface area contributed by atoms with Crippen LogP contribution in [0, 0.1) is 6.92 Å². The van der Waals surface area contributed by atoms with E-state index >= 15 is 0 Å². The van der Waals surface area contributed by atoms with Gasteiger partial charge in [-0.25, -0.2) is 4.98 Å². The van der Waals surface area contributed by atoms with E-state index in [9.17, 15) is 4.79 Å². The quantitative estimate of drug-likeness (QED) is 0.733. The maximum absolute atomic E-state index is 13.2. The summed E-state index contributed by atoms with van der Waals surface area (Å²) >= 11 is 0. The van der Waals surface area contributed by atoms with Crippen LogP contribution >= 0.6 is 0 Å². The molecular formula is C23H28N4O. The normalized spacial score (nSPS) is 15.6. The Balaban J connectivity index is 1.83. The standard InChI is InChI=1S/C23H28N4O/c1-16-14-19(17(2)24-18-10-6-4-7-11-18)21-20(15-16)22(28)26(3)23(25-21)27-12-8-5-9-13-27/h4,6-7,10-11,14-15,17,24H,5,8-9,12-13H2,1-3H3. The molecule has 1 atom stereocenters. The van der Waals surface area contributed by atoms with Gasteiger partial charge in [0, 0.05) is 31.4 Å². The monoisotopic (exact) mass is 376 g/mol. The molecule has 3 aromatic rings. The van der Waals surface area contributed by atoms with Crippen LogP contribution < -0.4 is 15.8 Å². The van der Waals surface area contributed by atoms with Crippen molar-refractivity contribution in [1.29, 1.82) is 0 Å². The largest absolute Gasteiger partial charge is 0.378 e. The van der Waals surface area contributed by atoms with Crippen LogP contribution in [0.3, 0.4) is 0 Å². The van der Waals surface area contributed by atoms with E-state index in [2.05, 4.69) is 35.3 Å². The van der Waals surface area contributed by atoms with Gasteiger partial charge in [0.1, 0.15) is 0 Å². The van der Waals surface area contributed by atoms with Gasteiger partial charge in [0.2, 0.25) is 5.95 Å². The van der Waals surface area contributed by atoms with Gasteiger partial charge < -0.3 is 10.2 Å². The Kier molecular flexibility index (Phi) is 5.07. The average Bonchev–Trinajstić information content (AvgIpc) is 2.72. The number of hydrogen-bond donors (Lipinski definition) is 1. The van der Waals surface area contributed by atoms with Crippen molar-refractivity contribution in [2.45, 2.75) is 39.2 Å². The van der Waals surface area contributed by atoms with Crippen LogP contribution in [-0.2, 0) is 7.05 Å². The number of benzene rings is 2. The molecule has 1 aliphatic heterocycles. The van der Waals surface area contributed by atoms with Crippen molar-refractivity contribution in [3.05, 3.63) is 63.9 Å². The summed E-state index contributed by atoms with van der Waals surface area (Å²) in [5.41, 5.74) is 4.04. The Morgan fingerprint density at radius 2 is 1.79 bits per heavy atom. The highest BCUT2D eigenvalue weighted by Gasteiger charge is 2.20. The number of nitrogens with zero attached hydrogens (tertiary/aromatic N) is 3. The zero-order valence-corrected chi connectivity index (χ0v) is 16.9. The number of fused-ring (bicyclic) bond motifs is 1. The lowest BCUT2D eigenvalue weighted by Gasteiger charge is -2.29. The molecule has 0 bridgehead atoms. The molecule has 0 saturated carbocycles. The average molecular weight is 377 g/mol. The summed E-state index contributed by atoms with van der Waals surface area (Å²) in [6.45, 7) is 6.09. The van der Waals surface area contributed by atoms with Gasteiger partial charge in [-0.2, -0.15) is 0 Å². The first-order valence-corrected chi connectivity index (χ1v) is 10.1. The van der Waals surface area contributed by atoms with Gasteiger partial charge in [-0.1, -0.05) is 24.3 Å². The molecule has 0 amide bonds. The van der Waals surface area contributed by atoms with Gasteiger partial charge in [-0.05, 0) is 56.9 Å². The van der Waals surface area contributed by atoms with E-state index in [1.807, 2.05) is 38.2 Å². The Hall–Kier alpha value is -2.82. The number of piperidine rings is 1. The highest BCUT2D eigenvalue weighted by Crippen LogP contribution is 2.28. The molecule has 1 unspecified atom stereocenters. The predicted octanol–water partition coefficient (Wildman–Crippen LogP) is 4.41. The van der Waals surface area contributed by atoms with Crippen molar-refractivity contribution in [1.82, 2.24) is 9.55 Å². The molecule has 0 spiro atoms. The summed E-state index contributed by atoms with van der Waals surface area (Å²) in [7, 11) is 1.84. The molecule has 5 heteroatoms. The van der Waals surface area contributed by atoms with E-state index in [1.165, 1.54) is 6.42 Å². The van der Waals surface area contributed by atoms with Crippen molar-refractivity contribution >= 4 is 22.5 Å². The molecule has 5 nitrogen and oxygen atoms in total. The fourth-order valence-corrected chi connectivity index (χ4v) is 4.11. The van der Waals surface area contributed by atoms with Crippen LogP contribution in [0.15, 0.2) is 47.3 Å². The third-order valence-electron chi connectivity index (χ3n) is 5.59. The lowest BCUT2D eigenvalue weighted by molar-refractivity contribution is 0.558. The Morgan fingerprint density at radius 3 is 2.50 bits per heavy atom. The molecule has 1 saturated heterocycles. The van der Waals surface area contributed by atoms with E-state index in [1.54, 1.807) is 4.57 Å². The van der Waals surface area contributed by atoms with Gasteiger partial charge in [0.25, 0.3) is 5.56 Å². The van der Waals surface area contributed by atoms with E-state index in [0.717, 1.165) is 54.2 Å². The van der Waals surface area contributed by atoms with Crippen molar-refractivity contribution in [3.63, 3.8) is 0 Å². The molecule has 0 aliphatic carbocycles. The van der Waals surface area contributed by atoms with Crippen molar-refractivity contribution in [3.8, 4) is 0 Å². The molecule has 1 N–H and O–H groups in total. The second-order valence-electron chi connectivity index (χ2n) is 7.81. The Morgan fingerprint density at radius 1 is 1.07 bits per heavy atom. The molecule has 1 fully saturated rings. The van der Waals surface area contributed by atoms with Gasteiger partial charge in [0.15, 0.2) is 0 Å². The molecular weight excluding hydrogens is 348 g/mol. The number of hydrogen-bond acceptors (Lipinski definition) is 4. The summed E-state index contributed by atoms with van der Waals surface area (Å²) in [6.07, 6.45) is 3.56. The number of rotatable bonds is 4. The summed E-state index contributed by atoms with van der Waals surface area (Å²) in [6, 6.07) is 14.3.